The van der Waals surface area contributed by atoms with E-state index in [1.165, 1.54) is 18.4 Å². The number of hydrogen-bond donors (Lipinski definition) is 0. The van der Waals surface area contributed by atoms with Crippen LogP contribution in [0.3, 0.4) is 0 Å². The van der Waals surface area contributed by atoms with Crippen LogP contribution in [-0.4, -0.2) is 41.6 Å². The Labute approximate surface area is 133 Å². The second kappa shape index (κ2) is 6.50. The fraction of sp³-hybridized carbons (Fsp3) is 0.533. The third-order valence-corrected chi connectivity index (χ3v) is 5.41. The fourth-order valence-electron chi connectivity index (χ4n) is 2.41. The summed E-state index contributed by atoms with van der Waals surface area (Å²) in [5.74, 6) is 0.873. The van der Waals surface area contributed by atoms with Crippen LogP contribution in [0.15, 0.2) is 22.7 Å². The van der Waals surface area contributed by atoms with Gasteiger partial charge in [0.1, 0.15) is 0 Å². The van der Waals surface area contributed by atoms with Gasteiger partial charge in [-0.2, -0.15) is 11.8 Å². The van der Waals surface area contributed by atoms with E-state index < -0.39 is 0 Å². The van der Waals surface area contributed by atoms with Crippen LogP contribution in [0.1, 0.15) is 29.8 Å². The summed E-state index contributed by atoms with van der Waals surface area (Å²) < 4.78 is 6.02. The average molecular weight is 358 g/mol. The molecule has 1 aromatic carbocycles. The van der Waals surface area contributed by atoms with E-state index in [1.54, 1.807) is 0 Å². The summed E-state index contributed by atoms with van der Waals surface area (Å²) in [7, 11) is 1.40. The molecule has 0 aliphatic carbocycles. The fourth-order valence-corrected chi connectivity index (χ4v) is 4.09. The van der Waals surface area contributed by atoms with Crippen molar-refractivity contribution in [3.8, 4) is 0 Å². The molecule has 1 fully saturated rings. The van der Waals surface area contributed by atoms with Gasteiger partial charge in [-0.1, -0.05) is 22.0 Å². The smallest absolute Gasteiger partial charge is 0.337 e. The molecule has 0 amide bonds. The van der Waals surface area contributed by atoms with Crippen molar-refractivity contribution in [2.75, 3.05) is 26.0 Å². The van der Waals surface area contributed by atoms with Crippen molar-refractivity contribution in [2.45, 2.75) is 25.1 Å². The van der Waals surface area contributed by atoms with Gasteiger partial charge in [-0.25, -0.2) is 4.79 Å². The first-order valence-electron chi connectivity index (χ1n) is 6.64. The van der Waals surface area contributed by atoms with E-state index in [9.17, 15) is 4.79 Å². The van der Waals surface area contributed by atoms with Gasteiger partial charge in [0.05, 0.1) is 12.7 Å². The van der Waals surface area contributed by atoms with Crippen LogP contribution in [0.25, 0.3) is 0 Å². The number of esters is 1. The Morgan fingerprint density at radius 2 is 2.25 bits per heavy atom. The highest BCUT2D eigenvalue weighted by Gasteiger charge is 2.27. The van der Waals surface area contributed by atoms with Crippen molar-refractivity contribution in [3.05, 3.63) is 33.8 Å². The molecule has 1 saturated heterocycles. The van der Waals surface area contributed by atoms with E-state index in [0.717, 1.165) is 24.1 Å². The van der Waals surface area contributed by atoms with Crippen LogP contribution in [0.2, 0.25) is 0 Å². The van der Waals surface area contributed by atoms with Gasteiger partial charge in [-0.15, -0.1) is 0 Å². The average Bonchev–Trinajstić information content (AvgIpc) is 2.39. The number of hydrogen-bond acceptors (Lipinski definition) is 4. The monoisotopic (exact) mass is 357 g/mol. The maximum absolute atomic E-state index is 11.5. The highest BCUT2D eigenvalue weighted by Crippen LogP contribution is 2.31. The zero-order chi connectivity index (χ0) is 14.8. The third kappa shape index (κ3) is 3.99. The third-order valence-electron chi connectivity index (χ3n) is 3.37. The standard InChI is InChI=1S/C15H20BrNO2S/c1-15(2)10-17(6-7-20-15)9-12-5-4-11(8-13(12)16)14(18)19-3/h4-5,8H,6-7,9-10H2,1-3H3. The Balaban J connectivity index is 2.08. The molecule has 1 heterocycles. The maximum Gasteiger partial charge on any atom is 0.337 e. The van der Waals surface area contributed by atoms with Crippen molar-refractivity contribution in [1.82, 2.24) is 4.90 Å². The van der Waals surface area contributed by atoms with Crippen LogP contribution in [0, 0.1) is 0 Å². The van der Waals surface area contributed by atoms with Crippen LogP contribution in [-0.2, 0) is 11.3 Å². The Bertz CT molecular complexity index is 505. The number of nitrogens with zero attached hydrogens (tertiary/aromatic N) is 1. The van der Waals surface area contributed by atoms with Crippen LogP contribution < -0.4 is 0 Å². The molecular formula is C15H20BrNO2S. The lowest BCUT2D eigenvalue weighted by atomic mass is 10.1. The number of halogens is 1. The molecular weight excluding hydrogens is 338 g/mol. The van der Waals surface area contributed by atoms with Gasteiger partial charge < -0.3 is 4.74 Å². The lowest BCUT2D eigenvalue weighted by Crippen LogP contribution is -2.42. The summed E-state index contributed by atoms with van der Waals surface area (Å²) in [6.07, 6.45) is 0. The van der Waals surface area contributed by atoms with Crippen molar-refractivity contribution >= 4 is 33.7 Å². The molecule has 0 bridgehead atoms. The van der Waals surface area contributed by atoms with Crippen molar-refractivity contribution in [3.63, 3.8) is 0 Å². The van der Waals surface area contributed by atoms with Gasteiger partial charge in [0.2, 0.25) is 0 Å². The van der Waals surface area contributed by atoms with E-state index in [2.05, 4.69) is 34.7 Å². The molecule has 0 aromatic heterocycles. The molecule has 1 aliphatic rings. The molecule has 0 N–H and O–H groups in total. The summed E-state index contributed by atoms with van der Waals surface area (Å²) >= 11 is 5.59. The summed E-state index contributed by atoms with van der Waals surface area (Å²) in [6.45, 7) is 7.69. The highest BCUT2D eigenvalue weighted by atomic mass is 79.9. The predicted octanol–water partition coefficient (Wildman–Crippen LogP) is 3.56. The zero-order valence-electron chi connectivity index (χ0n) is 12.1. The van der Waals surface area contributed by atoms with E-state index in [0.29, 0.717) is 10.3 Å². The number of carbonyl (C=O) groups excluding carboxylic acids is 1. The second-order valence-corrected chi connectivity index (χ2v) is 8.27. The summed E-state index contributed by atoms with van der Waals surface area (Å²) in [5, 5.41) is 0. The Kier molecular flexibility index (Phi) is 5.15. The molecule has 0 atom stereocenters. The lowest BCUT2D eigenvalue weighted by molar-refractivity contribution is 0.0600. The molecule has 3 nitrogen and oxygen atoms in total. The summed E-state index contributed by atoms with van der Waals surface area (Å²) in [6, 6.07) is 5.67. The zero-order valence-corrected chi connectivity index (χ0v) is 14.5. The normalized spacial score (nSPS) is 18.8. The second-order valence-electron chi connectivity index (χ2n) is 5.62. The minimum Gasteiger partial charge on any atom is -0.465 e. The van der Waals surface area contributed by atoms with Crippen molar-refractivity contribution < 1.29 is 9.53 Å². The Morgan fingerprint density at radius 3 is 2.85 bits per heavy atom. The van der Waals surface area contributed by atoms with Crippen molar-refractivity contribution in [2.24, 2.45) is 0 Å². The van der Waals surface area contributed by atoms with E-state index in [4.69, 9.17) is 4.74 Å². The molecule has 1 aromatic rings. The number of carbonyl (C=O) groups is 1. The Morgan fingerprint density at radius 1 is 1.50 bits per heavy atom. The topological polar surface area (TPSA) is 29.5 Å². The molecule has 0 unspecified atom stereocenters. The molecule has 0 spiro atoms. The lowest BCUT2D eigenvalue weighted by Gasteiger charge is -2.37. The first-order chi connectivity index (χ1) is 9.41. The predicted molar refractivity (Wildman–Crippen MR) is 87.3 cm³/mol. The minimum atomic E-state index is -0.298. The first kappa shape index (κ1) is 15.9. The van der Waals surface area contributed by atoms with E-state index in [1.807, 2.05) is 30.0 Å². The summed E-state index contributed by atoms with van der Waals surface area (Å²) in [4.78, 5) is 14.0. The molecule has 1 aliphatic heterocycles. The van der Waals surface area contributed by atoms with Gasteiger partial charge in [0.25, 0.3) is 0 Å². The largest absolute Gasteiger partial charge is 0.465 e. The molecule has 2 rings (SSSR count). The number of thioether (sulfide) groups is 1. The number of rotatable bonds is 3. The maximum atomic E-state index is 11.5. The summed E-state index contributed by atoms with van der Waals surface area (Å²) in [5.41, 5.74) is 1.79. The molecule has 0 saturated carbocycles. The van der Waals surface area contributed by atoms with Gasteiger partial charge >= 0.3 is 5.97 Å². The molecule has 20 heavy (non-hydrogen) atoms. The number of methoxy groups -OCH3 is 1. The molecule has 5 heteroatoms. The quantitative estimate of drug-likeness (QED) is 0.773. The number of benzene rings is 1. The van der Waals surface area contributed by atoms with Gasteiger partial charge in [0, 0.05) is 34.6 Å². The molecule has 110 valence electrons. The van der Waals surface area contributed by atoms with Gasteiger partial charge in [0.15, 0.2) is 0 Å². The molecule has 0 radical (unpaired) electrons. The Hall–Kier alpha value is -0.520. The minimum absolute atomic E-state index is 0.298. The SMILES string of the molecule is COC(=O)c1ccc(CN2CCSC(C)(C)C2)c(Br)c1. The van der Waals surface area contributed by atoms with E-state index >= 15 is 0 Å². The first-order valence-corrected chi connectivity index (χ1v) is 8.42. The highest BCUT2D eigenvalue weighted by molar-refractivity contribution is 9.10. The van der Waals surface area contributed by atoms with Crippen LogP contribution in [0.4, 0.5) is 0 Å². The van der Waals surface area contributed by atoms with Crippen molar-refractivity contribution in [1.29, 1.82) is 0 Å². The number of ether oxygens (including phenoxy) is 1. The van der Waals surface area contributed by atoms with Crippen LogP contribution in [0.5, 0.6) is 0 Å². The van der Waals surface area contributed by atoms with Crippen LogP contribution >= 0.6 is 27.7 Å². The van der Waals surface area contributed by atoms with Gasteiger partial charge in [-0.3, -0.25) is 4.90 Å². The van der Waals surface area contributed by atoms with E-state index in [-0.39, 0.29) is 5.97 Å². The van der Waals surface area contributed by atoms with Gasteiger partial charge in [-0.05, 0) is 31.5 Å².